The smallest absolute Gasteiger partial charge is 0.361 e. The van der Waals surface area contributed by atoms with Gasteiger partial charge in [0.05, 0.1) is 13.7 Å². The highest BCUT2D eigenvalue weighted by Gasteiger charge is 2.22. The van der Waals surface area contributed by atoms with Gasteiger partial charge in [0.2, 0.25) is 5.69 Å². The maximum atomic E-state index is 12.2. The minimum absolute atomic E-state index is 0.0980. The first-order chi connectivity index (χ1) is 9.58. The van der Waals surface area contributed by atoms with Gasteiger partial charge in [-0.25, -0.2) is 9.78 Å². The number of ether oxygens (including phenoxy) is 2. The van der Waals surface area contributed by atoms with Gasteiger partial charge < -0.3 is 14.0 Å². The van der Waals surface area contributed by atoms with Crippen molar-refractivity contribution in [3.05, 3.63) is 22.4 Å². The van der Waals surface area contributed by atoms with E-state index in [4.69, 9.17) is 9.26 Å². The fourth-order valence-electron chi connectivity index (χ4n) is 1.54. The molecular formula is C11H11N3O6. The van der Waals surface area contributed by atoms with E-state index in [1.54, 1.807) is 6.92 Å². The Morgan fingerprint density at radius 3 is 2.85 bits per heavy atom. The predicted molar refractivity (Wildman–Crippen MR) is 64.0 cm³/mol. The molecule has 9 nitrogen and oxygen atoms in total. The minimum atomic E-state index is -0.791. The maximum Gasteiger partial charge on any atom is 0.361 e. The van der Waals surface area contributed by atoms with Crippen LogP contribution in [0.4, 0.5) is 0 Å². The first kappa shape index (κ1) is 13.7. The maximum absolute atomic E-state index is 12.2. The van der Waals surface area contributed by atoms with Crippen molar-refractivity contribution in [3.8, 4) is 0 Å². The van der Waals surface area contributed by atoms with E-state index in [0.29, 0.717) is 0 Å². The van der Waals surface area contributed by atoms with E-state index in [2.05, 4.69) is 14.9 Å². The summed E-state index contributed by atoms with van der Waals surface area (Å²) in [6, 6.07) is 0. The standard InChI is InChI=1S/C11H11N3O6/c1-3-19-11(17)8-7-9(20-13-8)12-5-14(10(7)16)4-6(15)18-2/h5H,3-4H2,1-2H3. The summed E-state index contributed by atoms with van der Waals surface area (Å²) in [5.74, 6) is -1.41. The number of hydrogen-bond acceptors (Lipinski definition) is 8. The topological polar surface area (TPSA) is 114 Å². The summed E-state index contributed by atoms with van der Waals surface area (Å²) >= 11 is 0. The number of hydrogen-bond donors (Lipinski definition) is 0. The van der Waals surface area contributed by atoms with Gasteiger partial charge in [0.25, 0.3) is 11.3 Å². The van der Waals surface area contributed by atoms with Crippen LogP contribution in [0.1, 0.15) is 17.4 Å². The fraction of sp³-hybridized carbons (Fsp3) is 0.364. The van der Waals surface area contributed by atoms with Crippen LogP contribution in [-0.4, -0.2) is 40.4 Å². The largest absolute Gasteiger partial charge is 0.468 e. The summed E-state index contributed by atoms with van der Waals surface area (Å²) in [6.07, 6.45) is 1.11. The van der Waals surface area contributed by atoms with Gasteiger partial charge in [-0.05, 0) is 6.92 Å². The number of rotatable bonds is 4. The van der Waals surface area contributed by atoms with Crippen LogP contribution in [0.15, 0.2) is 15.6 Å². The molecule has 0 radical (unpaired) electrons. The molecule has 0 atom stereocenters. The third-order valence-electron chi connectivity index (χ3n) is 2.46. The Kier molecular flexibility index (Phi) is 3.78. The molecular weight excluding hydrogens is 270 g/mol. The molecule has 0 saturated carbocycles. The van der Waals surface area contributed by atoms with Gasteiger partial charge in [-0.15, -0.1) is 0 Å². The highest BCUT2D eigenvalue weighted by Crippen LogP contribution is 2.12. The number of nitrogens with zero attached hydrogens (tertiary/aromatic N) is 3. The van der Waals surface area contributed by atoms with Gasteiger partial charge in [0.1, 0.15) is 18.3 Å². The molecule has 2 aromatic heterocycles. The lowest BCUT2D eigenvalue weighted by molar-refractivity contribution is -0.141. The Morgan fingerprint density at radius 2 is 2.20 bits per heavy atom. The second kappa shape index (κ2) is 5.51. The van der Waals surface area contributed by atoms with Crippen LogP contribution in [0.25, 0.3) is 11.1 Å². The molecule has 0 aliphatic carbocycles. The first-order valence-corrected chi connectivity index (χ1v) is 5.67. The van der Waals surface area contributed by atoms with Crippen LogP contribution < -0.4 is 5.56 Å². The van der Waals surface area contributed by atoms with E-state index in [-0.39, 0.29) is 29.9 Å². The Balaban J connectivity index is 2.53. The summed E-state index contributed by atoms with van der Waals surface area (Å²) in [5, 5.41) is 3.34. The number of fused-ring (bicyclic) bond motifs is 1. The van der Waals surface area contributed by atoms with Crippen LogP contribution in [0, 0.1) is 0 Å². The number of methoxy groups -OCH3 is 1. The number of aromatic nitrogens is 3. The Bertz CT molecular complexity index is 717. The van der Waals surface area contributed by atoms with Gasteiger partial charge in [-0.2, -0.15) is 0 Å². The minimum Gasteiger partial charge on any atom is -0.468 e. The van der Waals surface area contributed by atoms with Gasteiger partial charge in [-0.3, -0.25) is 14.2 Å². The van der Waals surface area contributed by atoms with E-state index in [0.717, 1.165) is 10.9 Å². The molecule has 0 fully saturated rings. The molecule has 0 aromatic carbocycles. The normalized spacial score (nSPS) is 10.5. The number of esters is 2. The summed E-state index contributed by atoms with van der Waals surface area (Å²) in [4.78, 5) is 38.8. The predicted octanol–water partition coefficient (Wildman–Crippen LogP) is -0.266. The van der Waals surface area contributed by atoms with Crippen LogP contribution in [0.3, 0.4) is 0 Å². The van der Waals surface area contributed by atoms with Crippen molar-refractivity contribution in [2.45, 2.75) is 13.5 Å². The number of carbonyl (C=O) groups is 2. The van der Waals surface area contributed by atoms with Crippen molar-refractivity contribution < 1.29 is 23.6 Å². The van der Waals surface area contributed by atoms with Gasteiger partial charge in [0.15, 0.2) is 0 Å². The quantitative estimate of drug-likeness (QED) is 0.704. The zero-order valence-electron chi connectivity index (χ0n) is 10.8. The van der Waals surface area contributed by atoms with Gasteiger partial charge >= 0.3 is 11.9 Å². The summed E-state index contributed by atoms with van der Waals surface area (Å²) in [6.45, 7) is 1.42. The molecule has 0 amide bonds. The lowest BCUT2D eigenvalue weighted by atomic mass is 10.3. The van der Waals surface area contributed by atoms with Crippen molar-refractivity contribution in [2.24, 2.45) is 0 Å². The third kappa shape index (κ3) is 2.37. The second-order valence-electron chi connectivity index (χ2n) is 3.69. The zero-order chi connectivity index (χ0) is 14.7. The van der Waals surface area contributed by atoms with E-state index in [9.17, 15) is 14.4 Å². The molecule has 0 N–H and O–H groups in total. The first-order valence-electron chi connectivity index (χ1n) is 5.67. The molecule has 2 heterocycles. The molecule has 0 bridgehead atoms. The molecule has 0 aliphatic rings. The summed E-state index contributed by atoms with van der Waals surface area (Å²) < 4.78 is 15.0. The average Bonchev–Trinajstić information content (AvgIpc) is 2.86. The van der Waals surface area contributed by atoms with E-state index in [1.165, 1.54) is 7.11 Å². The molecule has 0 unspecified atom stereocenters. The van der Waals surface area contributed by atoms with Gasteiger partial charge in [-0.1, -0.05) is 5.16 Å². The SMILES string of the molecule is CCOC(=O)c1noc2ncn(CC(=O)OC)c(=O)c12. The van der Waals surface area contributed by atoms with Crippen LogP contribution in [0.5, 0.6) is 0 Å². The zero-order valence-corrected chi connectivity index (χ0v) is 10.8. The second-order valence-corrected chi connectivity index (χ2v) is 3.69. The van der Waals surface area contributed by atoms with Crippen LogP contribution in [0.2, 0.25) is 0 Å². The molecule has 20 heavy (non-hydrogen) atoms. The van der Waals surface area contributed by atoms with Crippen LogP contribution in [-0.2, 0) is 20.8 Å². The Labute approximate surface area is 112 Å². The van der Waals surface area contributed by atoms with E-state index < -0.39 is 17.5 Å². The van der Waals surface area contributed by atoms with Crippen molar-refractivity contribution in [1.29, 1.82) is 0 Å². The average molecular weight is 281 g/mol. The molecule has 0 spiro atoms. The highest BCUT2D eigenvalue weighted by molar-refractivity contribution is 5.99. The summed E-state index contributed by atoms with van der Waals surface area (Å²) in [7, 11) is 1.20. The van der Waals surface area contributed by atoms with Crippen LogP contribution >= 0.6 is 0 Å². The van der Waals surface area contributed by atoms with Crippen molar-refractivity contribution >= 4 is 23.0 Å². The van der Waals surface area contributed by atoms with Crippen molar-refractivity contribution in [1.82, 2.24) is 14.7 Å². The molecule has 0 aliphatic heterocycles. The van der Waals surface area contributed by atoms with E-state index >= 15 is 0 Å². The molecule has 2 rings (SSSR count). The lowest BCUT2D eigenvalue weighted by Gasteiger charge is -2.02. The number of carbonyl (C=O) groups excluding carboxylic acids is 2. The molecule has 9 heteroatoms. The molecule has 106 valence electrons. The van der Waals surface area contributed by atoms with Crippen molar-refractivity contribution in [2.75, 3.05) is 13.7 Å². The monoisotopic (exact) mass is 281 g/mol. The third-order valence-corrected chi connectivity index (χ3v) is 2.46. The highest BCUT2D eigenvalue weighted by atomic mass is 16.5. The van der Waals surface area contributed by atoms with Gasteiger partial charge in [0, 0.05) is 0 Å². The Hall–Kier alpha value is -2.71. The fourth-order valence-corrected chi connectivity index (χ4v) is 1.54. The van der Waals surface area contributed by atoms with E-state index in [1.807, 2.05) is 0 Å². The molecule has 2 aromatic rings. The molecule has 0 saturated heterocycles. The van der Waals surface area contributed by atoms with Crippen molar-refractivity contribution in [3.63, 3.8) is 0 Å². The lowest BCUT2D eigenvalue weighted by Crippen LogP contribution is -2.26. The summed E-state index contributed by atoms with van der Waals surface area (Å²) in [5.41, 5.74) is -0.998. The Morgan fingerprint density at radius 1 is 1.45 bits per heavy atom.